The quantitative estimate of drug-likeness (QED) is 0.817. The summed E-state index contributed by atoms with van der Waals surface area (Å²) in [5.74, 6) is -0.233. The summed E-state index contributed by atoms with van der Waals surface area (Å²) in [6.45, 7) is 2.17. The minimum absolute atomic E-state index is 0.184. The topological polar surface area (TPSA) is 36.3 Å². The van der Waals surface area contributed by atoms with Crippen molar-refractivity contribution < 1.29 is 9.13 Å². The molecule has 0 unspecified atom stereocenters. The van der Waals surface area contributed by atoms with Crippen molar-refractivity contribution in [1.29, 1.82) is 5.26 Å². The molecule has 0 N–H and O–H groups in total. The minimum atomic E-state index is -0.233. The molecule has 1 fully saturated rings. The Bertz CT molecular complexity index is 734. The van der Waals surface area contributed by atoms with Crippen LogP contribution in [0.5, 0.6) is 0 Å². The summed E-state index contributed by atoms with van der Waals surface area (Å²) in [5, 5.41) is 9.85. The van der Waals surface area contributed by atoms with E-state index in [0.717, 1.165) is 37.2 Å². The SMILES string of the molecule is N#Cc1cc(Cl)ccc1N1CCC(OCc2ccc(F)cc2)CC1. The number of nitrogens with zero attached hydrogens (tertiary/aromatic N) is 2. The van der Waals surface area contributed by atoms with Crippen molar-refractivity contribution in [2.24, 2.45) is 0 Å². The van der Waals surface area contributed by atoms with Crippen LogP contribution in [0, 0.1) is 17.1 Å². The molecule has 1 saturated heterocycles. The van der Waals surface area contributed by atoms with Gasteiger partial charge in [0.25, 0.3) is 0 Å². The van der Waals surface area contributed by atoms with Gasteiger partial charge in [-0.2, -0.15) is 5.26 Å². The van der Waals surface area contributed by atoms with E-state index < -0.39 is 0 Å². The zero-order chi connectivity index (χ0) is 16.9. The first-order valence-corrected chi connectivity index (χ1v) is 8.34. The predicted octanol–water partition coefficient (Wildman–Crippen LogP) is 4.54. The summed E-state index contributed by atoms with van der Waals surface area (Å²) < 4.78 is 18.8. The average molecular weight is 345 g/mol. The molecule has 2 aromatic rings. The highest BCUT2D eigenvalue weighted by Crippen LogP contribution is 2.27. The zero-order valence-corrected chi connectivity index (χ0v) is 14.0. The lowest BCUT2D eigenvalue weighted by atomic mass is 10.0. The molecule has 0 aromatic heterocycles. The number of piperidine rings is 1. The first-order valence-electron chi connectivity index (χ1n) is 7.96. The van der Waals surface area contributed by atoms with Gasteiger partial charge < -0.3 is 9.64 Å². The Morgan fingerprint density at radius 3 is 2.54 bits per heavy atom. The van der Waals surface area contributed by atoms with Crippen LogP contribution < -0.4 is 4.90 Å². The lowest BCUT2D eigenvalue weighted by Crippen LogP contribution is -2.37. The molecule has 3 nitrogen and oxygen atoms in total. The fraction of sp³-hybridized carbons (Fsp3) is 0.316. The molecule has 2 aromatic carbocycles. The molecule has 24 heavy (non-hydrogen) atoms. The highest BCUT2D eigenvalue weighted by atomic mass is 35.5. The average Bonchev–Trinajstić information content (AvgIpc) is 2.62. The number of anilines is 1. The molecule has 0 bridgehead atoms. The van der Waals surface area contributed by atoms with E-state index in [1.807, 2.05) is 12.1 Å². The van der Waals surface area contributed by atoms with Gasteiger partial charge in [0.15, 0.2) is 0 Å². The molecule has 0 spiro atoms. The number of nitriles is 1. The van der Waals surface area contributed by atoms with Crippen molar-refractivity contribution >= 4 is 17.3 Å². The predicted molar refractivity (Wildman–Crippen MR) is 92.6 cm³/mol. The molecule has 0 amide bonds. The van der Waals surface area contributed by atoms with E-state index in [0.29, 0.717) is 17.2 Å². The number of benzene rings is 2. The van der Waals surface area contributed by atoms with Gasteiger partial charge in [0.05, 0.1) is 24.0 Å². The Kier molecular flexibility index (Phi) is 5.34. The second-order valence-electron chi connectivity index (χ2n) is 5.90. The van der Waals surface area contributed by atoms with E-state index in [1.165, 1.54) is 12.1 Å². The maximum Gasteiger partial charge on any atom is 0.123 e. The van der Waals surface area contributed by atoms with Gasteiger partial charge in [0.1, 0.15) is 11.9 Å². The van der Waals surface area contributed by atoms with Crippen LogP contribution in [0.25, 0.3) is 0 Å². The Hall–Kier alpha value is -2.09. The molecular weight excluding hydrogens is 327 g/mol. The van der Waals surface area contributed by atoms with Crippen LogP contribution in [0.15, 0.2) is 42.5 Å². The summed E-state index contributed by atoms with van der Waals surface area (Å²) in [6, 6.07) is 14.0. The third kappa shape index (κ3) is 4.05. The molecular formula is C19H18ClFN2O. The fourth-order valence-electron chi connectivity index (χ4n) is 2.93. The largest absolute Gasteiger partial charge is 0.373 e. The molecule has 0 aliphatic carbocycles. The number of halogens is 2. The van der Waals surface area contributed by atoms with Crippen molar-refractivity contribution in [3.8, 4) is 6.07 Å². The van der Waals surface area contributed by atoms with E-state index in [2.05, 4.69) is 11.0 Å². The molecule has 124 valence electrons. The van der Waals surface area contributed by atoms with Crippen molar-refractivity contribution in [2.75, 3.05) is 18.0 Å². The van der Waals surface area contributed by atoms with Gasteiger partial charge in [-0.15, -0.1) is 0 Å². The summed E-state index contributed by atoms with van der Waals surface area (Å²) in [5.41, 5.74) is 2.51. The van der Waals surface area contributed by atoms with Gasteiger partial charge in [-0.1, -0.05) is 23.7 Å². The second-order valence-corrected chi connectivity index (χ2v) is 6.33. The number of ether oxygens (including phenoxy) is 1. The Morgan fingerprint density at radius 2 is 1.88 bits per heavy atom. The summed E-state index contributed by atoms with van der Waals surface area (Å²) >= 11 is 5.95. The van der Waals surface area contributed by atoms with Gasteiger partial charge >= 0.3 is 0 Å². The standard InChI is InChI=1S/C19H18ClFN2O/c20-16-3-6-19(15(11-16)12-22)23-9-7-18(8-10-23)24-13-14-1-4-17(21)5-2-14/h1-6,11,18H,7-10,13H2. The van der Waals surface area contributed by atoms with Gasteiger partial charge in [0, 0.05) is 18.1 Å². The van der Waals surface area contributed by atoms with Gasteiger partial charge in [0.2, 0.25) is 0 Å². The van der Waals surface area contributed by atoms with Crippen molar-refractivity contribution in [3.05, 3.63) is 64.4 Å². The highest BCUT2D eigenvalue weighted by Gasteiger charge is 2.21. The van der Waals surface area contributed by atoms with Crippen molar-refractivity contribution in [1.82, 2.24) is 0 Å². The zero-order valence-electron chi connectivity index (χ0n) is 13.2. The molecule has 1 heterocycles. The minimum Gasteiger partial charge on any atom is -0.373 e. The maximum atomic E-state index is 12.9. The van der Waals surface area contributed by atoms with Crippen LogP contribution in [0.2, 0.25) is 5.02 Å². The van der Waals surface area contributed by atoms with Crippen LogP contribution in [0.4, 0.5) is 10.1 Å². The monoisotopic (exact) mass is 344 g/mol. The normalized spacial score (nSPS) is 15.3. The Morgan fingerprint density at radius 1 is 1.17 bits per heavy atom. The molecule has 1 aliphatic rings. The maximum absolute atomic E-state index is 12.9. The molecule has 3 rings (SSSR count). The van der Waals surface area contributed by atoms with Gasteiger partial charge in [-0.05, 0) is 48.7 Å². The van der Waals surface area contributed by atoms with E-state index >= 15 is 0 Å². The summed E-state index contributed by atoms with van der Waals surface area (Å²) in [6.07, 6.45) is 1.98. The molecule has 0 atom stereocenters. The lowest BCUT2D eigenvalue weighted by molar-refractivity contribution is 0.0251. The number of hydrogen-bond acceptors (Lipinski definition) is 3. The number of rotatable bonds is 4. The van der Waals surface area contributed by atoms with E-state index in [1.54, 1.807) is 18.2 Å². The number of hydrogen-bond donors (Lipinski definition) is 0. The first kappa shape index (κ1) is 16.8. The van der Waals surface area contributed by atoms with Crippen LogP contribution in [0.1, 0.15) is 24.0 Å². The third-order valence-electron chi connectivity index (χ3n) is 4.26. The smallest absolute Gasteiger partial charge is 0.123 e. The summed E-state index contributed by atoms with van der Waals surface area (Å²) in [7, 11) is 0. The van der Waals surface area contributed by atoms with Crippen molar-refractivity contribution in [2.45, 2.75) is 25.6 Å². The molecule has 5 heteroatoms. The Labute approximate surface area is 146 Å². The van der Waals surface area contributed by atoms with Crippen LogP contribution in [-0.2, 0) is 11.3 Å². The van der Waals surface area contributed by atoms with E-state index in [-0.39, 0.29) is 11.9 Å². The summed E-state index contributed by atoms with van der Waals surface area (Å²) in [4.78, 5) is 2.20. The van der Waals surface area contributed by atoms with E-state index in [4.69, 9.17) is 16.3 Å². The first-order chi connectivity index (χ1) is 11.7. The van der Waals surface area contributed by atoms with Gasteiger partial charge in [-0.3, -0.25) is 0 Å². The third-order valence-corrected chi connectivity index (χ3v) is 4.50. The molecule has 0 radical (unpaired) electrons. The Balaban J connectivity index is 1.54. The molecule has 1 aliphatic heterocycles. The van der Waals surface area contributed by atoms with Crippen LogP contribution >= 0.6 is 11.6 Å². The highest BCUT2D eigenvalue weighted by molar-refractivity contribution is 6.30. The lowest BCUT2D eigenvalue weighted by Gasteiger charge is -2.34. The van der Waals surface area contributed by atoms with Crippen LogP contribution in [0.3, 0.4) is 0 Å². The fourth-order valence-corrected chi connectivity index (χ4v) is 3.10. The van der Waals surface area contributed by atoms with Gasteiger partial charge in [-0.25, -0.2) is 4.39 Å². The van der Waals surface area contributed by atoms with Crippen LogP contribution in [-0.4, -0.2) is 19.2 Å². The van der Waals surface area contributed by atoms with Crippen molar-refractivity contribution in [3.63, 3.8) is 0 Å². The molecule has 0 saturated carbocycles. The van der Waals surface area contributed by atoms with E-state index in [9.17, 15) is 9.65 Å². The second kappa shape index (κ2) is 7.65.